The predicted molar refractivity (Wildman–Crippen MR) is 76.2 cm³/mol. The van der Waals surface area contributed by atoms with Crippen molar-refractivity contribution in [1.82, 2.24) is 4.98 Å². The number of benzene rings is 1. The first-order valence-corrected chi connectivity index (χ1v) is 6.40. The Hall–Kier alpha value is -2.22. The highest BCUT2D eigenvalue weighted by atomic mass is 16.4. The van der Waals surface area contributed by atoms with E-state index in [9.17, 15) is 19.8 Å². The highest BCUT2D eigenvalue weighted by Crippen LogP contribution is 2.21. The fourth-order valence-electron chi connectivity index (χ4n) is 2.13. The van der Waals surface area contributed by atoms with E-state index in [1.54, 1.807) is 12.1 Å². The molecule has 7 heteroatoms. The standard InChI is InChI=1S/C14H16N2O5/c15-4-3-11(17)12(18)7-1-2-10-8(5-7)13(19)9(6-16-10)14(20)21/h1-2,5-6,11-12,17-18H,3-4,15H2,(H,16,19)(H,20,21). The molecule has 2 rings (SSSR count). The normalized spacial score (nSPS) is 14.0. The Morgan fingerprint density at radius 3 is 2.67 bits per heavy atom. The number of nitrogens with two attached hydrogens (primary N) is 1. The first-order chi connectivity index (χ1) is 9.95. The molecule has 0 aliphatic carbocycles. The molecule has 6 N–H and O–H groups in total. The molecular formula is C14H16N2O5. The van der Waals surface area contributed by atoms with Gasteiger partial charge in [0.25, 0.3) is 0 Å². The van der Waals surface area contributed by atoms with Gasteiger partial charge in [0.2, 0.25) is 5.43 Å². The number of nitrogens with one attached hydrogen (secondary N) is 1. The molecule has 0 saturated carbocycles. The molecule has 21 heavy (non-hydrogen) atoms. The topological polar surface area (TPSA) is 137 Å². The van der Waals surface area contributed by atoms with Gasteiger partial charge in [0.15, 0.2) is 0 Å². The summed E-state index contributed by atoms with van der Waals surface area (Å²) in [5.74, 6) is -1.33. The Bertz CT molecular complexity index is 725. The van der Waals surface area contributed by atoms with Crippen LogP contribution in [0.25, 0.3) is 10.9 Å². The minimum Gasteiger partial charge on any atom is -0.477 e. The number of aliphatic hydroxyl groups excluding tert-OH is 2. The van der Waals surface area contributed by atoms with E-state index in [1.165, 1.54) is 6.07 Å². The number of hydrogen-bond donors (Lipinski definition) is 5. The monoisotopic (exact) mass is 292 g/mol. The van der Waals surface area contributed by atoms with Gasteiger partial charge in [0.1, 0.15) is 11.7 Å². The smallest absolute Gasteiger partial charge is 0.341 e. The Balaban J connectivity index is 2.52. The van der Waals surface area contributed by atoms with E-state index >= 15 is 0 Å². The predicted octanol–water partition coefficient (Wildman–Crippen LogP) is -0.0306. The fraction of sp³-hybridized carbons (Fsp3) is 0.286. The number of aromatic nitrogens is 1. The second-order valence-corrected chi connectivity index (χ2v) is 4.73. The first kappa shape index (κ1) is 15.2. The molecule has 112 valence electrons. The van der Waals surface area contributed by atoms with Crippen molar-refractivity contribution in [3.63, 3.8) is 0 Å². The largest absolute Gasteiger partial charge is 0.477 e. The van der Waals surface area contributed by atoms with Crippen LogP contribution in [0.15, 0.2) is 29.2 Å². The number of hydrogen-bond acceptors (Lipinski definition) is 5. The molecule has 0 aliphatic rings. The first-order valence-electron chi connectivity index (χ1n) is 6.40. The molecule has 7 nitrogen and oxygen atoms in total. The minimum absolute atomic E-state index is 0.145. The molecule has 2 atom stereocenters. The van der Waals surface area contributed by atoms with Gasteiger partial charge in [-0.25, -0.2) is 4.79 Å². The lowest BCUT2D eigenvalue weighted by atomic mass is 9.99. The van der Waals surface area contributed by atoms with Crippen LogP contribution in [0.3, 0.4) is 0 Å². The number of H-pyrrole nitrogens is 1. The lowest BCUT2D eigenvalue weighted by Gasteiger charge is -2.17. The maximum atomic E-state index is 12.1. The highest BCUT2D eigenvalue weighted by Gasteiger charge is 2.19. The number of carboxylic acid groups (broad SMARTS) is 1. The van der Waals surface area contributed by atoms with Crippen LogP contribution in [0.2, 0.25) is 0 Å². The number of carbonyl (C=O) groups is 1. The fourth-order valence-corrected chi connectivity index (χ4v) is 2.13. The van der Waals surface area contributed by atoms with E-state index in [0.29, 0.717) is 11.1 Å². The molecule has 2 aromatic rings. The second-order valence-electron chi connectivity index (χ2n) is 4.73. The van der Waals surface area contributed by atoms with Gasteiger partial charge in [-0.15, -0.1) is 0 Å². The average molecular weight is 292 g/mol. The average Bonchev–Trinajstić information content (AvgIpc) is 2.46. The van der Waals surface area contributed by atoms with Crippen molar-refractivity contribution in [2.24, 2.45) is 5.73 Å². The molecule has 0 fully saturated rings. The van der Waals surface area contributed by atoms with Crippen molar-refractivity contribution in [1.29, 1.82) is 0 Å². The van der Waals surface area contributed by atoms with Crippen LogP contribution in [0.4, 0.5) is 0 Å². The molecule has 1 aromatic carbocycles. The molecular weight excluding hydrogens is 276 g/mol. The summed E-state index contributed by atoms with van der Waals surface area (Å²) >= 11 is 0. The molecule has 0 saturated heterocycles. The molecule has 0 radical (unpaired) electrons. The summed E-state index contributed by atoms with van der Waals surface area (Å²) in [6.07, 6.45) is -0.892. The molecule has 0 bridgehead atoms. The van der Waals surface area contributed by atoms with Crippen LogP contribution in [0.1, 0.15) is 28.4 Å². The van der Waals surface area contributed by atoms with E-state index in [1.807, 2.05) is 0 Å². The Labute approximate surface area is 119 Å². The van der Waals surface area contributed by atoms with Crippen molar-refractivity contribution in [2.75, 3.05) is 6.54 Å². The van der Waals surface area contributed by atoms with Gasteiger partial charge >= 0.3 is 5.97 Å². The summed E-state index contributed by atoms with van der Waals surface area (Å²) < 4.78 is 0. The van der Waals surface area contributed by atoms with Gasteiger partial charge in [0, 0.05) is 17.1 Å². The lowest BCUT2D eigenvalue weighted by molar-refractivity contribution is 0.0151. The lowest BCUT2D eigenvalue weighted by Crippen LogP contribution is -2.22. The van der Waals surface area contributed by atoms with Crippen LogP contribution in [0.5, 0.6) is 0 Å². The van der Waals surface area contributed by atoms with Crippen molar-refractivity contribution in [2.45, 2.75) is 18.6 Å². The zero-order valence-corrected chi connectivity index (χ0v) is 11.1. The number of aliphatic hydroxyl groups is 2. The van der Waals surface area contributed by atoms with Gasteiger partial charge in [-0.3, -0.25) is 4.79 Å². The van der Waals surface area contributed by atoms with E-state index in [4.69, 9.17) is 10.8 Å². The van der Waals surface area contributed by atoms with E-state index < -0.39 is 23.6 Å². The summed E-state index contributed by atoms with van der Waals surface area (Å²) in [7, 11) is 0. The van der Waals surface area contributed by atoms with Gasteiger partial charge in [-0.1, -0.05) is 6.07 Å². The van der Waals surface area contributed by atoms with E-state index in [2.05, 4.69) is 4.98 Å². The third kappa shape index (κ3) is 2.94. The van der Waals surface area contributed by atoms with Gasteiger partial charge in [0.05, 0.1) is 6.10 Å². The molecule has 0 amide bonds. The SMILES string of the molecule is NCCC(O)C(O)c1ccc2[nH]cc(C(=O)O)c(=O)c2c1. The molecule has 1 aromatic heterocycles. The third-order valence-electron chi connectivity index (χ3n) is 3.30. The Kier molecular flexibility index (Phi) is 4.37. The summed E-state index contributed by atoms with van der Waals surface area (Å²) in [5, 5.41) is 28.8. The number of rotatable bonds is 5. The summed E-state index contributed by atoms with van der Waals surface area (Å²) in [5.41, 5.74) is 5.09. The van der Waals surface area contributed by atoms with Crippen LogP contribution >= 0.6 is 0 Å². The van der Waals surface area contributed by atoms with Crippen molar-refractivity contribution >= 4 is 16.9 Å². The summed E-state index contributed by atoms with van der Waals surface area (Å²) in [4.78, 5) is 25.7. The van der Waals surface area contributed by atoms with Gasteiger partial charge in [-0.05, 0) is 30.7 Å². The van der Waals surface area contributed by atoms with Crippen molar-refractivity contribution < 1.29 is 20.1 Å². The maximum Gasteiger partial charge on any atom is 0.341 e. The van der Waals surface area contributed by atoms with Crippen molar-refractivity contribution in [3.05, 3.63) is 45.7 Å². The maximum absolute atomic E-state index is 12.1. The number of aromatic carboxylic acids is 1. The second kappa shape index (κ2) is 6.04. The Morgan fingerprint density at radius 2 is 2.05 bits per heavy atom. The Morgan fingerprint density at radius 1 is 1.33 bits per heavy atom. The van der Waals surface area contributed by atoms with Crippen LogP contribution in [-0.2, 0) is 0 Å². The molecule has 0 aliphatic heterocycles. The van der Waals surface area contributed by atoms with E-state index in [0.717, 1.165) is 6.20 Å². The number of carboxylic acids is 1. The van der Waals surface area contributed by atoms with E-state index in [-0.39, 0.29) is 23.9 Å². The summed E-state index contributed by atoms with van der Waals surface area (Å²) in [6, 6.07) is 4.49. The van der Waals surface area contributed by atoms with Crippen LogP contribution in [-0.4, -0.2) is 38.9 Å². The molecule has 2 unspecified atom stereocenters. The minimum atomic E-state index is -1.33. The van der Waals surface area contributed by atoms with Gasteiger partial charge in [-0.2, -0.15) is 0 Å². The zero-order valence-electron chi connectivity index (χ0n) is 11.1. The third-order valence-corrected chi connectivity index (χ3v) is 3.30. The molecule has 1 heterocycles. The quantitative estimate of drug-likeness (QED) is 0.525. The van der Waals surface area contributed by atoms with Gasteiger partial charge < -0.3 is 26.0 Å². The molecule has 0 spiro atoms. The number of pyridine rings is 1. The van der Waals surface area contributed by atoms with Crippen LogP contribution in [0, 0.1) is 0 Å². The van der Waals surface area contributed by atoms with Crippen molar-refractivity contribution in [3.8, 4) is 0 Å². The highest BCUT2D eigenvalue weighted by molar-refractivity contribution is 5.92. The zero-order chi connectivity index (χ0) is 15.6. The number of fused-ring (bicyclic) bond motifs is 1. The van der Waals surface area contributed by atoms with Crippen LogP contribution < -0.4 is 11.2 Å². The summed E-state index contributed by atoms with van der Waals surface area (Å²) in [6.45, 7) is 0.218. The number of aromatic amines is 1.